The lowest BCUT2D eigenvalue weighted by molar-refractivity contribution is 0.472. The summed E-state index contributed by atoms with van der Waals surface area (Å²) < 4.78 is 0. The van der Waals surface area contributed by atoms with Crippen molar-refractivity contribution < 1.29 is 5.11 Å². The minimum Gasteiger partial charge on any atom is -0.504 e. The number of aromatic amines is 1. The molecule has 2 rings (SSSR count). The molecule has 16 heavy (non-hydrogen) atoms. The fourth-order valence-corrected chi connectivity index (χ4v) is 1.16. The Kier molecular flexibility index (Phi) is 2.16. The zero-order chi connectivity index (χ0) is 11.7. The van der Waals surface area contributed by atoms with Gasteiger partial charge in [-0.15, -0.1) is 0 Å². The van der Waals surface area contributed by atoms with E-state index in [0.29, 0.717) is 0 Å². The van der Waals surface area contributed by atoms with Crippen molar-refractivity contribution in [1.82, 2.24) is 19.9 Å². The second-order valence-electron chi connectivity index (χ2n) is 2.97. The van der Waals surface area contributed by atoms with Gasteiger partial charge in [0.2, 0.25) is 5.95 Å². The molecule has 0 aromatic carbocycles. The standard InChI is InChI=1S/C8H8N6O2/c9-7-12-2-4(15)5(13-7)3-1-11-8(10)14-6(3)16/h1-2,15H,(H2,9,12,13)(H3,10,11,14,16). The molecular weight excluding hydrogens is 212 g/mol. The highest BCUT2D eigenvalue weighted by atomic mass is 16.3. The summed E-state index contributed by atoms with van der Waals surface area (Å²) >= 11 is 0. The number of hydrogen-bond donors (Lipinski definition) is 4. The fraction of sp³-hybridized carbons (Fsp3) is 0. The normalized spacial score (nSPS) is 10.2. The van der Waals surface area contributed by atoms with E-state index in [1.165, 1.54) is 6.20 Å². The van der Waals surface area contributed by atoms with E-state index in [1.54, 1.807) is 0 Å². The van der Waals surface area contributed by atoms with Crippen LogP contribution in [0.25, 0.3) is 11.3 Å². The number of nitrogens with two attached hydrogens (primary N) is 2. The first kappa shape index (κ1) is 9.90. The van der Waals surface area contributed by atoms with E-state index >= 15 is 0 Å². The van der Waals surface area contributed by atoms with Gasteiger partial charge in [-0.05, 0) is 0 Å². The second kappa shape index (κ2) is 3.50. The first-order chi connectivity index (χ1) is 7.58. The molecule has 6 N–H and O–H groups in total. The number of nitrogens with one attached hydrogen (secondary N) is 1. The molecule has 0 saturated heterocycles. The number of anilines is 2. The van der Waals surface area contributed by atoms with Crippen LogP contribution < -0.4 is 17.0 Å². The van der Waals surface area contributed by atoms with Crippen LogP contribution in [0, 0.1) is 0 Å². The van der Waals surface area contributed by atoms with Gasteiger partial charge in [0.05, 0.1) is 11.8 Å². The minimum absolute atomic E-state index is 0.0150. The SMILES string of the molecule is Nc1ncc(O)c(-c2cnc(N)[nH]c2=O)n1. The van der Waals surface area contributed by atoms with Crippen LogP contribution in [0.15, 0.2) is 17.2 Å². The second-order valence-corrected chi connectivity index (χ2v) is 2.97. The summed E-state index contributed by atoms with van der Waals surface area (Å²) in [4.78, 5) is 24.8. The van der Waals surface area contributed by atoms with Crippen molar-refractivity contribution in [2.75, 3.05) is 11.5 Å². The highest BCUT2D eigenvalue weighted by molar-refractivity contribution is 5.64. The molecule has 0 fully saturated rings. The van der Waals surface area contributed by atoms with Crippen molar-refractivity contribution in [1.29, 1.82) is 0 Å². The van der Waals surface area contributed by atoms with Crippen LogP contribution in [0.5, 0.6) is 5.75 Å². The summed E-state index contributed by atoms with van der Waals surface area (Å²) in [7, 11) is 0. The summed E-state index contributed by atoms with van der Waals surface area (Å²) in [6, 6.07) is 0. The first-order valence-corrected chi connectivity index (χ1v) is 4.24. The van der Waals surface area contributed by atoms with E-state index in [4.69, 9.17) is 11.5 Å². The average Bonchev–Trinajstić information content (AvgIpc) is 2.22. The number of H-pyrrole nitrogens is 1. The summed E-state index contributed by atoms with van der Waals surface area (Å²) in [6.07, 6.45) is 2.31. The van der Waals surface area contributed by atoms with Gasteiger partial charge in [-0.3, -0.25) is 9.78 Å². The predicted octanol–water partition coefficient (Wildman–Crippen LogP) is -0.903. The van der Waals surface area contributed by atoms with Gasteiger partial charge in [-0.1, -0.05) is 0 Å². The van der Waals surface area contributed by atoms with Gasteiger partial charge in [-0.25, -0.2) is 15.0 Å². The van der Waals surface area contributed by atoms with E-state index in [-0.39, 0.29) is 28.9 Å². The average molecular weight is 220 g/mol. The molecule has 0 aliphatic carbocycles. The minimum atomic E-state index is -0.513. The molecule has 8 nitrogen and oxygen atoms in total. The Morgan fingerprint density at radius 2 is 2.00 bits per heavy atom. The highest BCUT2D eigenvalue weighted by Crippen LogP contribution is 2.23. The van der Waals surface area contributed by atoms with E-state index in [2.05, 4.69) is 19.9 Å². The summed E-state index contributed by atoms with van der Waals surface area (Å²) in [6.45, 7) is 0. The number of aromatic nitrogens is 4. The van der Waals surface area contributed by atoms with E-state index in [1.807, 2.05) is 0 Å². The highest BCUT2D eigenvalue weighted by Gasteiger charge is 2.12. The molecule has 0 aliphatic heterocycles. The van der Waals surface area contributed by atoms with Crippen molar-refractivity contribution in [2.24, 2.45) is 0 Å². The molecule has 0 aliphatic rings. The third-order valence-corrected chi connectivity index (χ3v) is 1.86. The molecule has 2 aromatic heterocycles. The Morgan fingerprint density at radius 3 is 2.69 bits per heavy atom. The molecule has 0 unspecified atom stereocenters. The van der Waals surface area contributed by atoms with Crippen LogP contribution in [0.1, 0.15) is 0 Å². The van der Waals surface area contributed by atoms with Crippen molar-refractivity contribution in [2.45, 2.75) is 0 Å². The maximum absolute atomic E-state index is 11.5. The zero-order valence-corrected chi connectivity index (χ0v) is 8.01. The number of aromatic hydroxyl groups is 1. The van der Waals surface area contributed by atoms with Crippen molar-refractivity contribution in [3.05, 3.63) is 22.7 Å². The number of hydrogen-bond acceptors (Lipinski definition) is 7. The molecule has 0 spiro atoms. The molecule has 0 saturated carbocycles. The van der Waals surface area contributed by atoms with Crippen LogP contribution in [0.3, 0.4) is 0 Å². The zero-order valence-electron chi connectivity index (χ0n) is 8.01. The topological polar surface area (TPSA) is 144 Å². The third-order valence-electron chi connectivity index (χ3n) is 1.86. The van der Waals surface area contributed by atoms with Gasteiger partial charge in [0.25, 0.3) is 5.56 Å². The summed E-state index contributed by atoms with van der Waals surface area (Å²) in [5.41, 5.74) is 10.2. The Bertz CT molecular complexity index is 593. The maximum Gasteiger partial charge on any atom is 0.261 e. The van der Waals surface area contributed by atoms with Crippen LogP contribution >= 0.6 is 0 Å². The number of rotatable bonds is 1. The molecule has 0 radical (unpaired) electrons. The van der Waals surface area contributed by atoms with E-state index < -0.39 is 5.56 Å². The lowest BCUT2D eigenvalue weighted by atomic mass is 10.2. The molecular formula is C8H8N6O2. The van der Waals surface area contributed by atoms with Crippen LogP contribution in [0.2, 0.25) is 0 Å². The van der Waals surface area contributed by atoms with Crippen LogP contribution in [0.4, 0.5) is 11.9 Å². The van der Waals surface area contributed by atoms with Gasteiger partial charge >= 0.3 is 0 Å². The van der Waals surface area contributed by atoms with Crippen molar-refractivity contribution in [3.63, 3.8) is 0 Å². The third kappa shape index (κ3) is 1.63. The van der Waals surface area contributed by atoms with Crippen molar-refractivity contribution in [3.8, 4) is 17.0 Å². The smallest absolute Gasteiger partial charge is 0.261 e. The number of nitrogens with zero attached hydrogens (tertiary/aromatic N) is 3. The van der Waals surface area contributed by atoms with E-state index in [9.17, 15) is 9.90 Å². The Morgan fingerprint density at radius 1 is 1.25 bits per heavy atom. The van der Waals surface area contributed by atoms with Gasteiger partial charge in [-0.2, -0.15) is 0 Å². The van der Waals surface area contributed by atoms with Gasteiger partial charge in [0, 0.05) is 6.20 Å². The monoisotopic (exact) mass is 220 g/mol. The molecule has 2 aromatic rings. The molecule has 0 atom stereocenters. The number of nitrogen functional groups attached to an aromatic ring is 2. The van der Waals surface area contributed by atoms with Crippen molar-refractivity contribution >= 4 is 11.9 Å². The maximum atomic E-state index is 11.5. The molecule has 82 valence electrons. The Balaban J connectivity index is 2.67. The van der Waals surface area contributed by atoms with Crippen LogP contribution in [-0.4, -0.2) is 25.0 Å². The van der Waals surface area contributed by atoms with Gasteiger partial charge in [0.15, 0.2) is 11.7 Å². The largest absolute Gasteiger partial charge is 0.504 e. The first-order valence-electron chi connectivity index (χ1n) is 4.24. The van der Waals surface area contributed by atoms with Gasteiger partial charge in [0.1, 0.15) is 5.69 Å². The quantitative estimate of drug-likeness (QED) is 0.487. The predicted molar refractivity (Wildman–Crippen MR) is 56.4 cm³/mol. The molecule has 8 heteroatoms. The molecule has 0 amide bonds. The van der Waals surface area contributed by atoms with Gasteiger partial charge < -0.3 is 16.6 Å². The summed E-state index contributed by atoms with van der Waals surface area (Å²) in [5.74, 6) is -0.328. The lowest BCUT2D eigenvalue weighted by Crippen LogP contribution is -2.13. The lowest BCUT2D eigenvalue weighted by Gasteiger charge is -2.02. The molecule has 0 bridgehead atoms. The van der Waals surface area contributed by atoms with Crippen LogP contribution in [-0.2, 0) is 0 Å². The van der Waals surface area contributed by atoms with E-state index in [0.717, 1.165) is 6.20 Å². The fourth-order valence-electron chi connectivity index (χ4n) is 1.16. The Labute approximate surface area is 89.0 Å². The summed E-state index contributed by atoms with van der Waals surface area (Å²) in [5, 5.41) is 9.49. The Hall–Kier alpha value is -2.64. The molecule has 2 heterocycles.